The molecule has 6 nitrogen and oxygen atoms in total. The van der Waals surface area contributed by atoms with Gasteiger partial charge in [0.05, 0.1) is 20.6 Å². The van der Waals surface area contributed by atoms with Gasteiger partial charge in [0.25, 0.3) is 0 Å². The van der Waals surface area contributed by atoms with Crippen LogP contribution in [0.25, 0.3) is 0 Å². The Morgan fingerprint density at radius 1 is 0.733 bits per heavy atom. The van der Waals surface area contributed by atoms with Crippen LogP contribution in [0.1, 0.15) is 19.3 Å². The lowest BCUT2D eigenvalue weighted by atomic mass is 10.1. The van der Waals surface area contributed by atoms with Crippen LogP contribution in [0.4, 0.5) is 0 Å². The molecule has 0 aliphatic rings. The van der Waals surface area contributed by atoms with Crippen molar-refractivity contribution in [2.45, 2.75) is 19.3 Å². The number of hydrogen-bond acceptors (Lipinski definition) is 6. The van der Waals surface area contributed by atoms with Crippen molar-refractivity contribution in [3.63, 3.8) is 0 Å². The molecule has 0 spiro atoms. The fourth-order valence-corrected chi connectivity index (χ4v) is 0.811. The zero-order valence-corrected chi connectivity index (χ0v) is 8.57. The molecule has 0 rings (SSSR count). The van der Waals surface area contributed by atoms with E-state index in [1.54, 1.807) is 0 Å². The SMILES string of the molecule is COC(=O)CC(=O)CC(=O)CC(=O)OC. The maximum absolute atomic E-state index is 11.0. The number of ketones is 2. The van der Waals surface area contributed by atoms with Crippen LogP contribution in [0.5, 0.6) is 0 Å². The third kappa shape index (κ3) is 6.36. The Hall–Kier alpha value is -1.72. The van der Waals surface area contributed by atoms with Gasteiger partial charge in [0.1, 0.15) is 12.8 Å². The highest BCUT2D eigenvalue weighted by atomic mass is 16.5. The van der Waals surface area contributed by atoms with E-state index in [0.717, 1.165) is 14.2 Å². The summed E-state index contributed by atoms with van der Waals surface area (Å²) in [5, 5.41) is 0. The van der Waals surface area contributed by atoms with Crippen LogP contribution in [0, 0.1) is 0 Å². The van der Waals surface area contributed by atoms with Crippen molar-refractivity contribution >= 4 is 23.5 Å². The molecule has 0 aliphatic carbocycles. The van der Waals surface area contributed by atoms with E-state index in [0.29, 0.717) is 0 Å². The van der Waals surface area contributed by atoms with Crippen LogP contribution in [-0.2, 0) is 28.7 Å². The molecule has 0 bridgehead atoms. The number of ether oxygens (including phenoxy) is 2. The molecule has 84 valence electrons. The highest BCUT2D eigenvalue weighted by molar-refractivity contribution is 6.09. The fraction of sp³-hybridized carbons (Fsp3) is 0.556. The van der Waals surface area contributed by atoms with E-state index in [4.69, 9.17) is 0 Å². The molecule has 0 aromatic rings. The van der Waals surface area contributed by atoms with Gasteiger partial charge < -0.3 is 9.47 Å². The Bertz CT molecular complexity index is 252. The lowest BCUT2D eigenvalue weighted by Gasteiger charge is -1.99. The first-order chi connectivity index (χ1) is 6.99. The standard InChI is InChI=1S/C9H12O6/c1-14-8(12)4-6(10)3-7(11)5-9(13)15-2/h3-5H2,1-2H3. The summed E-state index contributed by atoms with van der Waals surface area (Å²) in [4.78, 5) is 43.3. The van der Waals surface area contributed by atoms with Crippen LogP contribution >= 0.6 is 0 Å². The van der Waals surface area contributed by atoms with Gasteiger partial charge >= 0.3 is 11.9 Å². The molecule has 0 saturated carbocycles. The van der Waals surface area contributed by atoms with Gasteiger partial charge in [-0.05, 0) is 0 Å². The van der Waals surface area contributed by atoms with Crippen molar-refractivity contribution in [2.75, 3.05) is 14.2 Å². The molecule has 0 N–H and O–H groups in total. The summed E-state index contributed by atoms with van der Waals surface area (Å²) in [5.41, 5.74) is 0. The van der Waals surface area contributed by atoms with Gasteiger partial charge in [0.15, 0.2) is 11.6 Å². The van der Waals surface area contributed by atoms with E-state index >= 15 is 0 Å². The molecule has 0 aromatic carbocycles. The van der Waals surface area contributed by atoms with E-state index in [1.807, 2.05) is 0 Å². The average molecular weight is 216 g/mol. The Labute approximate surface area is 86.5 Å². The van der Waals surface area contributed by atoms with E-state index in [1.165, 1.54) is 0 Å². The highest BCUT2D eigenvalue weighted by Gasteiger charge is 2.16. The summed E-state index contributed by atoms with van der Waals surface area (Å²) in [7, 11) is 2.29. The Morgan fingerprint density at radius 3 is 1.33 bits per heavy atom. The molecule has 0 atom stereocenters. The van der Waals surface area contributed by atoms with Crippen molar-refractivity contribution < 1.29 is 28.7 Å². The zero-order chi connectivity index (χ0) is 11.8. The minimum absolute atomic E-state index is 0.454. The predicted octanol–water partition coefficient (Wildman–Crippen LogP) is -0.359. The van der Waals surface area contributed by atoms with Crippen molar-refractivity contribution in [3.05, 3.63) is 0 Å². The summed E-state index contributed by atoms with van der Waals surface area (Å²) < 4.78 is 8.48. The van der Waals surface area contributed by atoms with Crippen LogP contribution < -0.4 is 0 Å². The highest BCUT2D eigenvalue weighted by Crippen LogP contribution is 1.98. The second-order valence-corrected chi connectivity index (χ2v) is 2.76. The Morgan fingerprint density at radius 2 is 1.07 bits per heavy atom. The first kappa shape index (κ1) is 13.3. The Balaban J connectivity index is 3.92. The van der Waals surface area contributed by atoms with Crippen LogP contribution in [0.3, 0.4) is 0 Å². The fourth-order valence-electron chi connectivity index (χ4n) is 0.811. The molecular weight excluding hydrogens is 204 g/mol. The number of carbonyl (C=O) groups excluding carboxylic acids is 4. The van der Waals surface area contributed by atoms with Crippen LogP contribution in [-0.4, -0.2) is 37.7 Å². The number of hydrogen-bond donors (Lipinski definition) is 0. The maximum Gasteiger partial charge on any atom is 0.313 e. The summed E-state index contributed by atoms with van der Waals surface area (Å²) >= 11 is 0. The van der Waals surface area contributed by atoms with Crippen molar-refractivity contribution in [2.24, 2.45) is 0 Å². The summed E-state index contributed by atoms with van der Waals surface area (Å²) in [6.45, 7) is 0. The van der Waals surface area contributed by atoms with Gasteiger partial charge in [-0.25, -0.2) is 0 Å². The number of carbonyl (C=O) groups is 4. The predicted molar refractivity (Wildman–Crippen MR) is 47.9 cm³/mol. The van der Waals surface area contributed by atoms with Crippen molar-refractivity contribution in [1.29, 1.82) is 0 Å². The minimum atomic E-state index is -0.703. The molecular formula is C9H12O6. The lowest BCUT2D eigenvalue weighted by molar-refractivity contribution is -0.144. The molecule has 0 saturated heterocycles. The molecule has 0 heterocycles. The lowest BCUT2D eigenvalue weighted by Crippen LogP contribution is -2.16. The van der Waals surface area contributed by atoms with E-state index < -0.39 is 42.8 Å². The van der Waals surface area contributed by atoms with Gasteiger partial charge in [0.2, 0.25) is 0 Å². The van der Waals surface area contributed by atoms with Gasteiger partial charge in [0, 0.05) is 0 Å². The van der Waals surface area contributed by atoms with Gasteiger partial charge in [-0.15, -0.1) is 0 Å². The molecule has 0 radical (unpaired) electrons. The first-order valence-corrected chi connectivity index (χ1v) is 4.16. The zero-order valence-electron chi connectivity index (χ0n) is 8.57. The van der Waals surface area contributed by atoms with E-state index in [2.05, 4.69) is 9.47 Å². The first-order valence-electron chi connectivity index (χ1n) is 4.16. The topological polar surface area (TPSA) is 86.7 Å². The molecule has 0 fully saturated rings. The largest absolute Gasteiger partial charge is 0.469 e. The molecule has 15 heavy (non-hydrogen) atoms. The van der Waals surface area contributed by atoms with Crippen molar-refractivity contribution in [1.82, 2.24) is 0 Å². The average Bonchev–Trinajstić information content (AvgIpc) is 2.16. The number of rotatable bonds is 6. The second kappa shape index (κ2) is 6.69. The van der Waals surface area contributed by atoms with Gasteiger partial charge in [-0.1, -0.05) is 0 Å². The Kier molecular flexibility index (Phi) is 5.92. The maximum atomic E-state index is 11.0. The number of esters is 2. The third-order valence-corrected chi connectivity index (χ3v) is 1.53. The van der Waals surface area contributed by atoms with Gasteiger partial charge in [-0.3, -0.25) is 19.2 Å². The molecule has 0 unspecified atom stereocenters. The van der Waals surface area contributed by atoms with E-state index in [-0.39, 0.29) is 0 Å². The molecule has 0 aromatic heterocycles. The van der Waals surface area contributed by atoms with Crippen molar-refractivity contribution in [3.8, 4) is 0 Å². The third-order valence-electron chi connectivity index (χ3n) is 1.53. The number of Topliss-reactive ketones (excluding diaryl/α,β-unsaturated/α-hetero) is 2. The normalized spacial score (nSPS) is 9.20. The molecule has 0 aliphatic heterocycles. The van der Waals surface area contributed by atoms with E-state index in [9.17, 15) is 19.2 Å². The summed E-state index contributed by atoms with van der Waals surface area (Å²) in [6.07, 6.45) is -1.36. The van der Waals surface area contributed by atoms with Gasteiger partial charge in [-0.2, -0.15) is 0 Å². The second-order valence-electron chi connectivity index (χ2n) is 2.76. The quantitative estimate of drug-likeness (QED) is 0.445. The van der Waals surface area contributed by atoms with Crippen LogP contribution in [0.15, 0.2) is 0 Å². The van der Waals surface area contributed by atoms with Crippen LogP contribution in [0.2, 0.25) is 0 Å². The minimum Gasteiger partial charge on any atom is -0.469 e. The smallest absolute Gasteiger partial charge is 0.313 e. The number of methoxy groups -OCH3 is 2. The monoisotopic (exact) mass is 216 g/mol. The summed E-state index contributed by atoms with van der Waals surface area (Å²) in [5.74, 6) is -2.55. The molecule has 0 amide bonds. The summed E-state index contributed by atoms with van der Waals surface area (Å²) in [6, 6.07) is 0. The molecule has 6 heteroatoms.